The third-order valence-electron chi connectivity index (χ3n) is 4.41. The van der Waals surface area contributed by atoms with Crippen LogP contribution in [0.25, 0.3) is 0 Å². The van der Waals surface area contributed by atoms with Crippen molar-refractivity contribution >= 4 is 17.5 Å². The Kier molecular flexibility index (Phi) is 5.20. The molecule has 2 amide bonds. The van der Waals surface area contributed by atoms with E-state index in [1.807, 2.05) is 31.2 Å². The van der Waals surface area contributed by atoms with E-state index in [0.717, 1.165) is 22.0 Å². The summed E-state index contributed by atoms with van der Waals surface area (Å²) in [6, 6.07) is 8.36. The normalized spacial score (nSPS) is 17.4. The molecule has 9 heteroatoms. The third-order valence-corrected chi connectivity index (χ3v) is 4.41. The van der Waals surface area contributed by atoms with Crippen LogP contribution in [-0.4, -0.2) is 34.7 Å². The molecule has 1 aliphatic heterocycles. The Morgan fingerprint density at radius 1 is 1.26 bits per heavy atom. The molecule has 0 aliphatic carbocycles. The summed E-state index contributed by atoms with van der Waals surface area (Å²) in [6.07, 6.45) is -3.16. The van der Waals surface area contributed by atoms with Gasteiger partial charge in [0.25, 0.3) is 0 Å². The summed E-state index contributed by atoms with van der Waals surface area (Å²) in [4.78, 5) is 26.0. The number of rotatable bonds is 5. The average Bonchev–Trinajstić information content (AvgIpc) is 3.22. The molecule has 1 fully saturated rings. The van der Waals surface area contributed by atoms with Crippen molar-refractivity contribution in [2.24, 2.45) is 5.92 Å². The standard InChI is InChI=1S/C18H19F3N4O2/c1-12-2-4-14(5-3-12)25-11-13(10-16(25)26)17(27)22-7-9-24-8-6-15(23-24)18(19,20)21/h2-6,8,13H,7,9-11H2,1H3,(H,22,27). The maximum Gasteiger partial charge on any atom is 0.435 e. The first-order valence-corrected chi connectivity index (χ1v) is 8.49. The first-order chi connectivity index (χ1) is 12.7. The fraction of sp³-hybridized carbons (Fsp3) is 0.389. The highest BCUT2D eigenvalue weighted by Crippen LogP contribution is 2.27. The van der Waals surface area contributed by atoms with Crippen LogP contribution in [0.2, 0.25) is 0 Å². The summed E-state index contributed by atoms with van der Waals surface area (Å²) in [7, 11) is 0. The minimum atomic E-state index is -4.49. The maximum atomic E-state index is 12.5. The lowest BCUT2D eigenvalue weighted by atomic mass is 10.1. The molecule has 0 saturated carbocycles. The van der Waals surface area contributed by atoms with Gasteiger partial charge in [-0.15, -0.1) is 0 Å². The fourth-order valence-electron chi connectivity index (χ4n) is 2.93. The summed E-state index contributed by atoms with van der Waals surface area (Å²) in [6.45, 7) is 2.48. The van der Waals surface area contributed by atoms with Gasteiger partial charge in [-0.2, -0.15) is 18.3 Å². The molecule has 27 heavy (non-hydrogen) atoms. The highest BCUT2D eigenvalue weighted by atomic mass is 19.4. The molecule has 1 saturated heterocycles. The van der Waals surface area contributed by atoms with Gasteiger partial charge in [0, 0.05) is 31.4 Å². The van der Waals surface area contributed by atoms with Gasteiger partial charge in [-0.25, -0.2) is 0 Å². The van der Waals surface area contributed by atoms with Gasteiger partial charge in [-0.05, 0) is 25.1 Å². The lowest BCUT2D eigenvalue weighted by molar-refractivity contribution is -0.141. The maximum absolute atomic E-state index is 12.5. The number of carbonyl (C=O) groups is 2. The van der Waals surface area contributed by atoms with Crippen LogP contribution < -0.4 is 10.2 Å². The minimum Gasteiger partial charge on any atom is -0.354 e. The highest BCUT2D eigenvalue weighted by molar-refractivity contribution is 6.00. The Morgan fingerprint density at radius 2 is 1.96 bits per heavy atom. The van der Waals surface area contributed by atoms with Crippen molar-refractivity contribution in [3.05, 3.63) is 47.8 Å². The summed E-state index contributed by atoms with van der Waals surface area (Å²) in [5, 5.41) is 6.09. The molecule has 1 N–H and O–H groups in total. The van der Waals surface area contributed by atoms with Gasteiger partial charge in [0.15, 0.2) is 5.69 Å². The van der Waals surface area contributed by atoms with Crippen molar-refractivity contribution in [3.8, 4) is 0 Å². The summed E-state index contributed by atoms with van der Waals surface area (Å²) < 4.78 is 38.7. The van der Waals surface area contributed by atoms with E-state index in [2.05, 4.69) is 10.4 Å². The van der Waals surface area contributed by atoms with Crippen LogP contribution >= 0.6 is 0 Å². The van der Waals surface area contributed by atoms with Gasteiger partial charge in [-0.3, -0.25) is 14.3 Å². The van der Waals surface area contributed by atoms with Crippen LogP contribution in [0.3, 0.4) is 0 Å². The van der Waals surface area contributed by atoms with Gasteiger partial charge in [0.2, 0.25) is 11.8 Å². The SMILES string of the molecule is Cc1ccc(N2CC(C(=O)NCCn3ccc(C(F)(F)F)n3)CC2=O)cc1. The molecule has 0 bridgehead atoms. The van der Waals surface area contributed by atoms with Crippen molar-refractivity contribution in [2.45, 2.75) is 26.1 Å². The van der Waals surface area contributed by atoms with E-state index in [0.29, 0.717) is 0 Å². The fourth-order valence-corrected chi connectivity index (χ4v) is 2.93. The third kappa shape index (κ3) is 4.47. The summed E-state index contributed by atoms with van der Waals surface area (Å²) in [5.74, 6) is -0.899. The number of amides is 2. The van der Waals surface area contributed by atoms with Gasteiger partial charge < -0.3 is 10.2 Å². The predicted molar refractivity (Wildman–Crippen MR) is 91.9 cm³/mol. The lowest BCUT2D eigenvalue weighted by Gasteiger charge is -2.17. The van der Waals surface area contributed by atoms with Crippen molar-refractivity contribution in [1.29, 1.82) is 0 Å². The van der Waals surface area contributed by atoms with Crippen molar-refractivity contribution < 1.29 is 22.8 Å². The second-order valence-corrected chi connectivity index (χ2v) is 6.49. The van der Waals surface area contributed by atoms with E-state index in [1.165, 1.54) is 6.20 Å². The summed E-state index contributed by atoms with van der Waals surface area (Å²) >= 11 is 0. The molecule has 1 aromatic carbocycles. The molecule has 1 unspecified atom stereocenters. The van der Waals surface area contributed by atoms with E-state index in [4.69, 9.17) is 0 Å². The lowest BCUT2D eigenvalue weighted by Crippen LogP contribution is -2.34. The van der Waals surface area contributed by atoms with Crippen LogP contribution in [0.5, 0.6) is 0 Å². The first-order valence-electron chi connectivity index (χ1n) is 8.49. The molecule has 144 valence electrons. The number of aryl methyl sites for hydroxylation is 1. The monoisotopic (exact) mass is 380 g/mol. The zero-order valence-electron chi connectivity index (χ0n) is 14.7. The van der Waals surface area contributed by atoms with Crippen LogP contribution in [0.15, 0.2) is 36.5 Å². The molecule has 1 aliphatic rings. The van der Waals surface area contributed by atoms with E-state index in [1.54, 1.807) is 4.90 Å². The number of hydrogen-bond donors (Lipinski definition) is 1. The molecule has 1 atom stereocenters. The van der Waals surface area contributed by atoms with Gasteiger partial charge >= 0.3 is 6.18 Å². The topological polar surface area (TPSA) is 67.2 Å². The van der Waals surface area contributed by atoms with Crippen LogP contribution in [0.1, 0.15) is 17.7 Å². The highest BCUT2D eigenvalue weighted by Gasteiger charge is 2.35. The zero-order chi connectivity index (χ0) is 19.6. The molecule has 2 aromatic rings. The minimum absolute atomic E-state index is 0.111. The van der Waals surface area contributed by atoms with Crippen molar-refractivity contribution in [1.82, 2.24) is 15.1 Å². The Balaban J connectivity index is 1.51. The van der Waals surface area contributed by atoms with Crippen molar-refractivity contribution in [2.75, 3.05) is 18.0 Å². The Morgan fingerprint density at radius 3 is 2.59 bits per heavy atom. The van der Waals surface area contributed by atoms with E-state index >= 15 is 0 Å². The molecule has 0 spiro atoms. The van der Waals surface area contributed by atoms with Crippen LogP contribution in [0.4, 0.5) is 18.9 Å². The second kappa shape index (κ2) is 7.42. The number of benzene rings is 1. The molecular weight excluding hydrogens is 361 g/mol. The van der Waals surface area contributed by atoms with Crippen LogP contribution in [-0.2, 0) is 22.3 Å². The number of aromatic nitrogens is 2. The van der Waals surface area contributed by atoms with E-state index in [-0.39, 0.29) is 37.9 Å². The second-order valence-electron chi connectivity index (χ2n) is 6.49. The molecule has 2 heterocycles. The van der Waals surface area contributed by atoms with Gasteiger partial charge in [-0.1, -0.05) is 17.7 Å². The predicted octanol–water partition coefficient (Wildman–Crippen LogP) is 2.38. The van der Waals surface area contributed by atoms with Crippen LogP contribution in [0, 0.1) is 12.8 Å². The first kappa shape index (κ1) is 18.9. The molecule has 6 nitrogen and oxygen atoms in total. The van der Waals surface area contributed by atoms with E-state index < -0.39 is 17.8 Å². The Bertz CT molecular complexity index is 830. The molecular formula is C18H19F3N4O2. The number of hydrogen-bond acceptors (Lipinski definition) is 3. The van der Waals surface area contributed by atoms with Gasteiger partial charge in [0.1, 0.15) is 0 Å². The quantitative estimate of drug-likeness (QED) is 0.866. The number of nitrogens with zero attached hydrogens (tertiary/aromatic N) is 3. The Labute approximate surface area is 154 Å². The molecule has 1 aromatic heterocycles. The van der Waals surface area contributed by atoms with Crippen molar-refractivity contribution in [3.63, 3.8) is 0 Å². The number of alkyl halides is 3. The summed E-state index contributed by atoms with van der Waals surface area (Å²) in [5.41, 5.74) is 0.855. The number of nitrogens with one attached hydrogen (secondary N) is 1. The number of anilines is 1. The Hall–Kier alpha value is -2.84. The molecule has 0 radical (unpaired) electrons. The van der Waals surface area contributed by atoms with E-state index in [9.17, 15) is 22.8 Å². The smallest absolute Gasteiger partial charge is 0.354 e. The average molecular weight is 380 g/mol. The number of carbonyl (C=O) groups excluding carboxylic acids is 2. The zero-order valence-corrected chi connectivity index (χ0v) is 14.7. The molecule has 3 rings (SSSR count). The number of halogens is 3. The van der Waals surface area contributed by atoms with Gasteiger partial charge in [0.05, 0.1) is 12.5 Å². The largest absolute Gasteiger partial charge is 0.435 e.